The van der Waals surface area contributed by atoms with Crippen LogP contribution in [-0.4, -0.2) is 23.5 Å². The van der Waals surface area contributed by atoms with Gasteiger partial charge in [-0.25, -0.2) is 0 Å². The van der Waals surface area contributed by atoms with Crippen LogP contribution < -0.4 is 0 Å². The molecule has 1 unspecified atom stereocenters. The van der Waals surface area contributed by atoms with E-state index in [-0.39, 0.29) is 0 Å². The van der Waals surface area contributed by atoms with Crippen LogP contribution in [0.4, 0.5) is 0 Å². The van der Waals surface area contributed by atoms with Crippen LogP contribution in [0.5, 0.6) is 0 Å². The first-order valence-corrected chi connectivity index (χ1v) is 7.26. The molecule has 2 rings (SSSR count). The molecule has 0 spiro atoms. The SMILES string of the molecule is Cc1ccc(CC2CCCN(C(C)(C)C)C2)cc1. The van der Waals surface area contributed by atoms with Crippen LogP contribution in [0.25, 0.3) is 0 Å². The molecule has 0 bridgehead atoms. The molecule has 1 aromatic carbocycles. The Morgan fingerprint density at radius 2 is 1.83 bits per heavy atom. The van der Waals surface area contributed by atoms with Crippen molar-refractivity contribution < 1.29 is 0 Å². The van der Waals surface area contributed by atoms with E-state index in [1.165, 1.54) is 43.5 Å². The van der Waals surface area contributed by atoms with Crippen molar-refractivity contribution in [3.05, 3.63) is 35.4 Å². The van der Waals surface area contributed by atoms with Gasteiger partial charge in [0.1, 0.15) is 0 Å². The standard InChI is InChI=1S/C17H27N/c1-14-7-9-15(10-8-14)12-16-6-5-11-18(13-16)17(2,3)4/h7-10,16H,5-6,11-13H2,1-4H3. The van der Waals surface area contributed by atoms with Gasteiger partial charge in [0.05, 0.1) is 0 Å². The number of rotatable bonds is 2. The second kappa shape index (κ2) is 5.44. The number of likely N-dealkylation sites (tertiary alicyclic amines) is 1. The number of nitrogens with zero attached hydrogens (tertiary/aromatic N) is 1. The van der Waals surface area contributed by atoms with Crippen LogP contribution in [0.2, 0.25) is 0 Å². The van der Waals surface area contributed by atoms with Crippen molar-refractivity contribution in [3.8, 4) is 0 Å². The van der Waals surface area contributed by atoms with E-state index in [4.69, 9.17) is 0 Å². The molecule has 100 valence electrons. The zero-order valence-corrected chi connectivity index (χ0v) is 12.4. The number of hydrogen-bond donors (Lipinski definition) is 0. The third kappa shape index (κ3) is 3.58. The predicted molar refractivity (Wildman–Crippen MR) is 78.9 cm³/mol. The molecule has 1 fully saturated rings. The maximum Gasteiger partial charge on any atom is 0.0125 e. The van der Waals surface area contributed by atoms with E-state index in [1.807, 2.05) is 0 Å². The van der Waals surface area contributed by atoms with Crippen LogP contribution in [0.3, 0.4) is 0 Å². The third-order valence-electron chi connectivity index (χ3n) is 4.11. The molecular weight excluding hydrogens is 218 g/mol. The third-order valence-corrected chi connectivity index (χ3v) is 4.11. The van der Waals surface area contributed by atoms with Crippen molar-refractivity contribution in [1.29, 1.82) is 0 Å². The van der Waals surface area contributed by atoms with Gasteiger partial charge in [-0.1, -0.05) is 29.8 Å². The maximum absolute atomic E-state index is 2.65. The molecule has 0 aromatic heterocycles. The van der Waals surface area contributed by atoms with E-state index in [0.717, 1.165) is 5.92 Å². The highest BCUT2D eigenvalue weighted by molar-refractivity contribution is 5.21. The first-order chi connectivity index (χ1) is 8.45. The quantitative estimate of drug-likeness (QED) is 0.760. The summed E-state index contributed by atoms with van der Waals surface area (Å²) in [6.45, 7) is 11.7. The van der Waals surface area contributed by atoms with Crippen LogP contribution in [0.15, 0.2) is 24.3 Å². The monoisotopic (exact) mass is 245 g/mol. The summed E-state index contributed by atoms with van der Waals surface area (Å²) >= 11 is 0. The lowest BCUT2D eigenvalue weighted by molar-refractivity contribution is 0.0790. The zero-order chi connectivity index (χ0) is 13.2. The average molecular weight is 245 g/mol. The second-order valence-electron chi connectivity index (χ2n) is 6.81. The molecule has 1 aliphatic rings. The number of hydrogen-bond acceptors (Lipinski definition) is 1. The average Bonchev–Trinajstić information content (AvgIpc) is 2.31. The summed E-state index contributed by atoms with van der Waals surface area (Å²) in [5.41, 5.74) is 3.19. The Bertz CT molecular complexity index is 372. The first kappa shape index (κ1) is 13.6. The summed E-state index contributed by atoms with van der Waals surface area (Å²) in [5.74, 6) is 0.834. The zero-order valence-electron chi connectivity index (χ0n) is 12.4. The normalized spacial score (nSPS) is 22.1. The molecule has 1 atom stereocenters. The minimum Gasteiger partial charge on any atom is -0.298 e. The van der Waals surface area contributed by atoms with Crippen molar-refractivity contribution in [3.63, 3.8) is 0 Å². The highest BCUT2D eigenvalue weighted by Gasteiger charge is 2.27. The second-order valence-corrected chi connectivity index (χ2v) is 6.81. The summed E-state index contributed by atoms with van der Waals surface area (Å²) in [6, 6.07) is 9.07. The van der Waals surface area contributed by atoms with Gasteiger partial charge in [-0.05, 0) is 65.0 Å². The number of aryl methyl sites for hydroxylation is 1. The van der Waals surface area contributed by atoms with Gasteiger partial charge in [0, 0.05) is 12.1 Å². The highest BCUT2D eigenvalue weighted by Crippen LogP contribution is 2.26. The summed E-state index contributed by atoms with van der Waals surface area (Å²) < 4.78 is 0. The number of benzene rings is 1. The van der Waals surface area contributed by atoms with E-state index < -0.39 is 0 Å². The highest BCUT2D eigenvalue weighted by atomic mass is 15.2. The topological polar surface area (TPSA) is 3.24 Å². The van der Waals surface area contributed by atoms with Gasteiger partial charge in [0.25, 0.3) is 0 Å². The Labute approximate surface area is 112 Å². The molecule has 18 heavy (non-hydrogen) atoms. The summed E-state index contributed by atoms with van der Waals surface area (Å²) in [6.07, 6.45) is 3.99. The first-order valence-electron chi connectivity index (χ1n) is 7.26. The Morgan fingerprint density at radius 3 is 2.44 bits per heavy atom. The molecule has 0 radical (unpaired) electrons. The molecule has 0 aliphatic carbocycles. The molecule has 1 nitrogen and oxygen atoms in total. The van der Waals surface area contributed by atoms with Crippen molar-refractivity contribution >= 4 is 0 Å². The van der Waals surface area contributed by atoms with Crippen molar-refractivity contribution in [2.75, 3.05) is 13.1 Å². The molecule has 0 amide bonds. The largest absolute Gasteiger partial charge is 0.298 e. The number of piperidine rings is 1. The lowest BCUT2D eigenvalue weighted by Crippen LogP contribution is -2.47. The minimum absolute atomic E-state index is 0.325. The van der Waals surface area contributed by atoms with Crippen molar-refractivity contribution in [2.45, 2.75) is 52.5 Å². The molecular formula is C17H27N. The molecule has 1 aromatic rings. The van der Waals surface area contributed by atoms with E-state index in [9.17, 15) is 0 Å². The molecule has 1 heterocycles. The fraction of sp³-hybridized carbons (Fsp3) is 0.647. The Balaban J connectivity index is 1.95. The lowest BCUT2D eigenvalue weighted by atomic mass is 9.88. The molecule has 0 saturated carbocycles. The van der Waals surface area contributed by atoms with Gasteiger partial charge in [0.2, 0.25) is 0 Å². The Morgan fingerprint density at radius 1 is 1.17 bits per heavy atom. The Kier molecular flexibility index (Phi) is 4.11. The lowest BCUT2D eigenvalue weighted by Gasteiger charge is -2.41. The van der Waals surface area contributed by atoms with Gasteiger partial charge in [-0.3, -0.25) is 4.90 Å². The van der Waals surface area contributed by atoms with Crippen LogP contribution in [0.1, 0.15) is 44.7 Å². The van der Waals surface area contributed by atoms with E-state index in [2.05, 4.69) is 56.9 Å². The van der Waals surface area contributed by atoms with E-state index >= 15 is 0 Å². The molecule has 1 aliphatic heterocycles. The van der Waals surface area contributed by atoms with Crippen molar-refractivity contribution in [2.24, 2.45) is 5.92 Å². The summed E-state index contributed by atoms with van der Waals surface area (Å²) in [5, 5.41) is 0. The van der Waals surface area contributed by atoms with Gasteiger partial charge >= 0.3 is 0 Å². The smallest absolute Gasteiger partial charge is 0.0125 e. The molecule has 1 saturated heterocycles. The fourth-order valence-electron chi connectivity index (χ4n) is 2.90. The van der Waals surface area contributed by atoms with Crippen molar-refractivity contribution in [1.82, 2.24) is 4.90 Å². The predicted octanol–water partition coefficient (Wildman–Crippen LogP) is 4.05. The van der Waals surface area contributed by atoms with Gasteiger partial charge in [-0.2, -0.15) is 0 Å². The van der Waals surface area contributed by atoms with Crippen LogP contribution in [-0.2, 0) is 6.42 Å². The fourth-order valence-corrected chi connectivity index (χ4v) is 2.90. The van der Waals surface area contributed by atoms with Gasteiger partial charge < -0.3 is 0 Å². The van der Waals surface area contributed by atoms with Gasteiger partial charge in [0.15, 0.2) is 0 Å². The maximum atomic E-state index is 2.65. The van der Waals surface area contributed by atoms with E-state index in [0.29, 0.717) is 5.54 Å². The van der Waals surface area contributed by atoms with E-state index in [1.54, 1.807) is 0 Å². The minimum atomic E-state index is 0.325. The molecule has 0 N–H and O–H groups in total. The summed E-state index contributed by atoms with van der Waals surface area (Å²) in [7, 11) is 0. The van der Waals surface area contributed by atoms with Crippen LogP contribution >= 0.6 is 0 Å². The Hall–Kier alpha value is -0.820. The van der Waals surface area contributed by atoms with Crippen LogP contribution in [0, 0.1) is 12.8 Å². The van der Waals surface area contributed by atoms with Gasteiger partial charge in [-0.15, -0.1) is 0 Å². The molecule has 1 heteroatoms. The summed E-state index contributed by atoms with van der Waals surface area (Å²) in [4.78, 5) is 2.65.